The van der Waals surface area contributed by atoms with Gasteiger partial charge in [-0.3, -0.25) is 4.79 Å². The van der Waals surface area contributed by atoms with Crippen LogP contribution in [-0.4, -0.2) is 45.7 Å². The molecule has 0 spiro atoms. The lowest BCUT2D eigenvalue weighted by Gasteiger charge is -2.30. The molecule has 0 aromatic carbocycles. The van der Waals surface area contributed by atoms with E-state index in [1.165, 1.54) is 6.92 Å². The summed E-state index contributed by atoms with van der Waals surface area (Å²) < 4.78 is 42.0. The molecule has 9 heteroatoms. The van der Waals surface area contributed by atoms with Gasteiger partial charge >= 0.3 is 17.9 Å². The predicted molar refractivity (Wildman–Crippen MR) is 56.1 cm³/mol. The topological polar surface area (TPSA) is 100 Å². The Kier molecular flexibility index (Phi) is 5.40. The molecule has 0 heterocycles. The number of carbonyl (C=O) groups excluding carboxylic acids is 2. The van der Waals surface area contributed by atoms with Crippen LogP contribution in [0.4, 0.5) is 13.2 Å². The molecular weight excluding hydrogens is 269 g/mol. The van der Waals surface area contributed by atoms with Crippen molar-refractivity contribution >= 4 is 17.5 Å². The summed E-state index contributed by atoms with van der Waals surface area (Å²) in [4.78, 5) is 25.2. The van der Waals surface area contributed by atoms with Crippen LogP contribution in [0.3, 0.4) is 0 Å². The van der Waals surface area contributed by atoms with Crippen LogP contribution >= 0.6 is 0 Å². The highest BCUT2D eigenvalue weighted by Crippen LogP contribution is 2.36. The molecule has 0 unspecified atom stereocenters. The van der Waals surface area contributed by atoms with Gasteiger partial charge in [-0.1, -0.05) is 6.92 Å². The van der Waals surface area contributed by atoms with E-state index in [1.807, 2.05) is 0 Å². The van der Waals surface area contributed by atoms with Crippen molar-refractivity contribution in [2.45, 2.75) is 32.5 Å². The molecule has 0 amide bonds. The molecule has 0 rings (SSSR count). The molecule has 6 nitrogen and oxygen atoms in total. The van der Waals surface area contributed by atoms with Crippen LogP contribution in [0.2, 0.25) is 0 Å². The second-order valence-corrected chi connectivity index (χ2v) is 3.90. The number of ether oxygens (including phenoxy) is 1. The number of carbonyl (C=O) groups is 2. The van der Waals surface area contributed by atoms with Gasteiger partial charge in [0.15, 0.2) is 5.60 Å². The van der Waals surface area contributed by atoms with E-state index in [4.69, 9.17) is 5.53 Å². The zero-order chi connectivity index (χ0) is 15.4. The first kappa shape index (κ1) is 17.3. The molecule has 0 bridgehead atoms. The summed E-state index contributed by atoms with van der Waals surface area (Å²) in [6.45, 7) is 2.39. The van der Waals surface area contributed by atoms with Gasteiger partial charge in [-0.05, 0) is 13.8 Å². The van der Waals surface area contributed by atoms with Gasteiger partial charge in [0.25, 0.3) is 5.78 Å². The number of halogens is 3. The number of hydrogen-bond acceptors (Lipinski definition) is 4. The molecule has 0 aromatic rings. The van der Waals surface area contributed by atoms with Gasteiger partial charge in [-0.15, -0.1) is 0 Å². The van der Waals surface area contributed by atoms with Crippen molar-refractivity contribution in [3.05, 3.63) is 5.53 Å². The summed E-state index contributed by atoms with van der Waals surface area (Å²) in [6, 6.07) is 0. The van der Waals surface area contributed by atoms with Crippen LogP contribution in [0.1, 0.15) is 20.8 Å². The van der Waals surface area contributed by atoms with E-state index in [0.29, 0.717) is 6.92 Å². The van der Waals surface area contributed by atoms with Gasteiger partial charge in [0.05, 0.1) is 12.5 Å². The first-order chi connectivity index (χ1) is 8.50. The molecule has 0 fully saturated rings. The maximum absolute atomic E-state index is 12.5. The zero-order valence-corrected chi connectivity index (χ0v) is 10.5. The summed E-state index contributed by atoms with van der Waals surface area (Å²) in [5, 5.41) is 9.31. The van der Waals surface area contributed by atoms with Crippen LogP contribution in [0, 0.1) is 5.92 Å². The average molecular weight is 282 g/mol. The second kappa shape index (κ2) is 5.94. The number of hydrogen-bond donors (Lipinski definition) is 1. The number of rotatable bonds is 5. The normalized spacial score (nSPS) is 15.9. The Morgan fingerprint density at radius 1 is 1.42 bits per heavy atom. The lowest BCUT2D eigenvalue weighted by atomic mass is 9.85. The van der Waals surface area contributed by atoms with Crippen molar-refractivity contribution in [2.24, 2.45) is 5.92 Å². The minimum Gasteiger partial charge on any atom is -0.457 e. The minimum absolute atomic E-state index is 0.158. The molecule has 0 aliphatic heterocycles. The highest BCUT2D eigenvalue weighted by atomic mass is 19.4. The fourth-order valence-electron chi connectivity index (χ4n) is 1.10. The van der Waals surface area contributed by atoms with Crippen molar-refractivity contribution in [3.8, 4) is 0 Å². The van der Waals surface area contributed by atoms with Crippen LogP contribution in [0.5, 0.6) is 0 Å². The Morgan fingerprint density at radius 2 is 1.89 bits per heavy atom. The van der Waals surface area contributed by atoms with E-state index >= 15 is 0 Å². The summed E-state index contributed by atoms with van der Waals surface area (Å²) in [6.07, 6.45) is -5.09. The van der Waals surface area contributed by atoms with Crippen LogP contribution in [0.15, 0.2) is 0 Å². The maximum atomic E-state index is 12.5. The van der Waals surface area contributed by atoms with Crippen molar-refractivity contribution in [3.63, 3.8) is 0 Å². The average Bonchev–Trinajstić information content (AvgIpc) is 2.27. The van der Waals surface area contributed by atoms with Crippen molar-refractivity contribution in [2.75, 3.05) is 6.61 Å². The molecule has 0 radical (unpaired) electrons. The van der Waals surface area contributed by atoms with Crippen LogP contribution < -0.4 is 0 Å². The summed E-state index contributed by atoms with van der Waals surface area (Å²) in [5.41, 5.74) is 3.95. The highest BCUT2D eigenvalue weighted by Gasteiger charge is 2.57. The minimum atomic E-state index is -5.09. The smallest absolute Gasteiger partial charge is 0.441 e. The number of esters is 1. The summed E-state index contributed by atoms with van der Waals surface area (Å²) in [5.74, 6) is -4.87. The first-order valence-electron chi connectivity index (χ1n) is 5.23. The van der Waals surface area contributed by atoms with Gasteiger partial charge in [0, 0.05) is 0 Å². The number of alkyl halides is 3. The fraction of sp³-hybridized carbons (Fsp3) is 0.700. The Balaban J connectivity index is 5.32. The number of ketones is 1. The van der Waals surface area contributed by atoms with Gasteiger partial charge in [-0.2, -0.15) is 18.0 Å². The molecule has 1 N–H and O–H groups in total. The predicted octanol–water partition coefficient (Wildman–Crippen LogP) is 0.739. The Bertz CT molecular complexity index is 425. The standard InChI is InChI=1S/C10H13F3N2O4/c1-4-19-8(17)6(15-14)7(16)5(2)9(3,18)10(11,12)13/h5,18H,4H2,1-3H3/t5-,9+/m0/s1. The van der Waals surface area contributed by atoms with Gasteiger partial charge < -0.3 is 15.4 Å². The lowest BCUT2D eigenvalue weighted by Crippen LogP contribution is -2.52. The molecule has 19 heavy (non-hydrogen) atoms. The Hall–Kier alpha value is -1.73. The Labute approximate surface area is 106 Å². The van der Waals surface area contributed by atoms with Gasteiger partial charge in [0.1, 0.15) is 0 Å². The SMILES string of the molecule is CCOC(=O)C(=[N+]=[N-])C(=O)[C@H](C)[C@@](C)(O)C(F)(F)F. The molecular formula is C10H13F3N2O4. The van der Waals surface area contributed by atoms with Crippen molar-refractivity contribution in [1.29, 1.82) is 0 Å². The molecule has 0 aromatic heterocycles. The number of aliphatic hydroxyl groups is 1. The number of nitrogens with zero attached hydrogens (tertiary/aromatic N) is 2. The summed E-state index contributed by atoms with van der Waals surface area (Å²) in [7, 11) is 0. The molecule has 0 saturated carbocycles. The van der Waals surface area contributed by atoms with Crippen molar-refractivity contribution in [1.82, 2.24) is 0 Å². The third-order valence-corrected chi connectivity index (χ3v) is 2.61. The summed E-state index contributed by atoms with van der Waals surface area (Å²) >= 11 is 0. The van der Waals surface area contributed by atoms with Gasteiger partial charge in [-0.25, -0.2) is 4.79 Å². The molecule has 0 aliphatic carbocycles. The quantitative estimate of drug-likeness (QED) is 0.264. The van der Waals surface area contributed by atoms with E-state index in [9.17, 15) is 27.9 Å². The van der Waals surface area contributed by atoms with Crippen LogP contribution in [-0.2, 0) is 14.3 Å². The van der Waals surface area contributed by atoms with Crippen molar-refractivity contribution < 1.29 is 37.4 Å². The molecule has 0 saturated heterocycles. The highest BCUT2D eigenvalue weighted by molar-refractivity contribution is 6.62. The van der Waals surface area contributed by atoms with E-state index < -0.39 is 35.2 Å². The van der Waals surface area contributed by atoms with Gasteiger partial charge in [0.2, 0.25) is 0 Å². The lowest BCUT2D eigenvalue weighted by molar-refractivity contribution is -0.266. The Morgan fingerprint density at radius 3 is 2.21 bits per heavy atom. The fourth-order valence-corrected chi connectivity index (χ4v) is 1.10. The zero-order valence-electron chi connectivity index (χ0n) is 10.5. The second-order valence-electron chi connectivity index (χ2n) is 3.90. The van der Waals surface area contributed by atoms with Crippen LogP contribution in [0.25, 0.3) is 5.53 Å². The maximum Gasteiger partial charge on any atom is 0.441 e. The third kappa shape index (κ3) is 3.62. The van der Waals surface area contributed by atoms with E-state index in [1.54, 1.807) is 0 Å². The van der Waals surface area contributed by atoms with E-state index in [2.05, 4.69) is 9.53 Å². The third-order valence-electron chi connectivity index (χ3n) is 2.61. The monoisotopic (exact) mass is 282 g/mol. The van der Waals surface area contributed by atoms with E-state index in [-0.39, 0.29) is 6.61 Å². The molecule has 108 valence electrons. The first-order valence-corrected chi connectivity index (χ1v) is 5.23. The largest absolute Gasteiger partial charge is 0.457 e. The van der Waals surface area contributed by atoms with E-state index in [0.717, 1.165) is 6.92 Å². The molecule has 0 aliphatic rings. The molecule has 2 atom stereocenters. The number of Topliss-reactive ketones (excluding diaryl/α,β-unsaturated/α-hetero) is 1.